The number of carbonyl (C=O) groups is 1. The molecule has 1 heterocycles. The van der Waals surface area contributed by atoms with Crippen molar-refractivity contribution >= 4 is 16.8 Å². The van der Waals surface area contributed by atoms with E-state index in [0.29, 0.717) is 6.42 Å². The molecule has 82 valence electrons. The van der Waals surface area contributed by atoms with E-state index in [0.717, 1.165) is 22.9 Å². The Morgan fingerprint density at radius 2 is 2.19 bits per heavy atom. The summed E-state index contributed by atoms with van der Waals surface area (Å²) in [7, 11) is 0. The molecule has 0 saturated carbocycles. The van der Waals surface area contributed by atoms with E-state index >= 15 is 0 Å². The summed E-state index contributed by atoms with van der Waals surface area (Å²) in [5.74, 6) is 0.129. The third-order valence-electron chi connectivity index (χ3n) is 2.74. The van der Waals surface area contributed by atoms with Crippen molar-refractivity contribution in [3.05, 3.63) is 48.7 Å². The fraction of sp³-hybridized carbons (Fsp3) is 0.214. The van der Waals surface area contributed by atoms with Crippen LogP contribution in [0, 0.1) is 6.92 Å². The van der Waals surface area contributed by atoms with Gasteiger partial charge < -0.3 is 0 Å². The van der Waals surface area contributed by atoms with E-state index in [4.69, 9.17) is 0 Å². The highest BCUT2D eigenvalue weighted by molar-refractivity contribution is 5.94. The van der Waals surface area contributed by atoms with Crippen LogP contribution in [-0.2, 0) is 0 Å². The lowest BCUT2D eigenvalue weighted by molar-refractivity contribution is 0.0909. The van der Waals surface area contributed by atoms with Crippen LogP contribution in [0.1, 0.15) is 23.2 Å². The predicted molar refractivity (Wildman–Crippen MR) is 66.7 cm³/mol. The molecule has 0 aliphatic rings. The molecule has 0 saturated heterocycles. The molecular weight excluding hydrogens is 198 g/mol. The minimum atomic E-state index is 0.129. The maximum Gasteiger partial charge on any atom is 0.231 e. The maximum atomic E-state index is 11.9. The molecule has 0 spiro atoms. The maximum absolute atomic E-state index is 11.9. The van der Waals surface area contributed by atoms with Gasteiger partial charge in [-0.2, -0.15) is 0 Å². The Balaban J connectivity index is 2.44. The monoisotopic (exact) mass is 213 g/mol. The highest BCUT2D eigenvalue weighted by Gasteiger charge is 2.09. The van der Waals surface area contributed by atoms with Crippen LogP contribution < -0.4 is 0 Å². The quantitative estimate of drug-likeness (QED) is 0.714. The molecule has 0 N–H and O–H groups in total. The van der Waals surface area contributed by atoms with Gasteiger partial charge in [0.05, 0.1) is 5.52 Å². The Morgan fingerprint density at radius 1 is 1.44 bits per heavy atom. The summed E-state index contributed by atoms with van der Waals surface area (Å²) in [6.45, 7) is 5.66. The van der Waals surface area contributed by atoms with Crippen LogP contribution in [-0.4, -0.2) is 10.5 Å². The molecule has 0 bridgehead atoms. The van der Waals surface area contributed by atoms with Gasteiger partial charge in [0, 0.05) is 18.0 Å². The van der Waals surface area contributed by atoms with Gasteiger partial charge in [-0.1, -0.05) is 24.3 Å². The summed E-state index contributed by atoms with van der Waals surface area (Å²) in [5.41, 5.74) is 2.14. The molecule has 2 aromatic rings. The zero-order valence-electron chi connectivity index (χ0n) is 9.44. The number of para-hydroxylation sites is 1. The van der Waals surface area contributed by atoms with Gasteiger partial charge in [0.15, 0.2) is 0 Å². The average Bonchev–Trinajstić information content (AvgIpc) is 2.65. The first-order chi connectivity index (χ1) is 7.74. The summed E-state index contributed by atoms with van der Waals surface area (Å²) < 4.78 is 1.74. The largest absolute Gasteiger partial charge is 0.287 e. The average molecular weight is 213 g/mol. The Bertz CT molecular complexity index is 537. The highest BCUT2D eigenvalue weighted by Crippen LogP contribution is 2.20. The molecule has 0 amide bonds. The number of hydrogen-bond donors (Lipinski definition) is 0. The van der Waals surface area contributed by atoms with Gasteiger partial charge >= 0.3 is 0 Å². The third kappa shape index (κ3) is 1.78. The van der Waals surface area contributed by atoms with Crippen LogP contribution in [0.3, 0.4) is 0 Å². The van der Waals surface area contributed by atoms with Crippen molar-refractivity contribution in [2.24, 2.45) is 0 Å². The van der Waals surface area contributed by atoms with Gasteiger partial charge in [-0.3, -0.25) is 9.36 Å². The van der Waals surface area contributed by atoms with Gasteiger partial charge in [0.25, 0.3) is 0 Å². The summed E-state index contributed by atoms with van der Waals surface area (Å²) in [6.07, 6.45) is 4.93. The van der Waals surface area contributed by atoms with Crippen molar-refractivity contribution in [1.82, 2.24) is 4.57 Å². The molecule has 0 radical (unpaired) electrons. The minimum absolute atomic E-state index is 0.129. The molecule has 2 heteroatoms. The number of hydrogen-bond acceptors (Lipinski definition) is 1. The summed E-state index contributed by atoms with van der Waals surface area (Å²) >= 11 is 0. The molecule has 0 unspecified atom stereocenters. The Labute approximate surface area is 95.2 Å². The number of rotatable bonds is 3. The summed E-state index contributed by atoms with van der Waals surface area (Å²) in [4.78, 5) is 11.9. The van der Waals surface area contributed by atoms with Crippen LogP contribution in [0.25, 0.3) is 10.9 Å². The zero-order chi connectivity index (χ0) is 11.5. The molecule has 0 fully saturated rings. The van der Waals surface area contributed by atoms with E-state index in [2.05, 4.69) is 6.58 Å². The molecule has 2 rings (SSSR count). The first kappa shape index (κ1) is 10.7. The van der Waals surface area contributed by atoms with Gasteiger partial charge in [-0.05, 0) is 25.0 Å². The Hall–Kier alpha value is -1.83. The second-order valence-corrected chi connectivity index (χ2v) is 3.92. The van der Waals surface area contributed by atoms with Crippen molar-refractivity contribution in [3.63, 3.8) is 0 Å². The topological polar surface area (TPSA) is 22.0 Å². The lowest BCUT2D eigenvalue weighted by Crippen LogP contribution is -2.08. The number of carbonyl (C=O) groups excluding carboxylic acids is 1. The molecule has 0 aliphatic heterocycles. The lowest BCUT2D eigenvalue weighted by atomic mass is 10.2. The van der Waals surface area contributed by atoms with Gasteiger partial charge in [-0.25, -0.2) is 0 Å². The third-order valence-corrected chi connectivity index (χ3v) is 2.74. The SMILES string of the molecule is C=CCCC(=O)n1cc(C)c2ccccc21. The summed E-state index contributed by atoms with van der Waals surface area (Å²) in [5, 5.41) is 1.15. The Kier molecular flexibility index (Phi) is 2.91. The number of benzene rings is 1. The first-order valence-electron chi connectivity index (χ1n) is 5.45. The van der Waals surface area contributed by atoms with Crippen molar-refractivity contribution in [2.75, 3.05) is 0 Å². The Morgan fingerprint density at radius 3 is 2.94 bits per heavy atom. The number of fused-ring (bicyclic) bond motifs is 1. The van der Waals surface area contributed by atoms with E-state index in [1.807, 2.05) is 37.4 Å². The highest BCUT2D eigenvalue weighted by atomic mass is 16.2. The van der Waals surface area contributed by atoms with Crippen LogP contribution in [0.5, 0.6) is 0 Å². The molecule has 0 atom stereocenters. The van der Waals surface area contributed by atoms with Crippen molar-refractivity contribution in [3.8, 4) is 0 Å². The van der Waals surface area contributed by atoms with E-state index in [1.54, 1.807) is 10.6 Å². The predicted octanol–water partition coefficient (Wildman–Crippen LogP) is 3.56. The molecular formula is C14H15NO. The lowest BCUT2D eigenvalue weighted by Gasteiger charge is -2.01. The number of allylic oxidation sites excluding steroid dienone is 1. The molecule has 1 aromatic carbocycles. The van der Waals surface area contributed by atoms with Crippen molar-refractivity contribution < 1.29 is 4.79 Å². The molecule has 0 aliphatic carbocycles. The fourth-order valence-corrected chi connectivity index (χ4v) is 1.90. The van der Waals surface area contributed by atoms with Crippen LogP contribution in [0.2, 0.25) is 0 Å². The number of nitrogens with zero attached hydrogens (tertiary/aromatic N) is 1. The van der Waals surface area contributed by atoms with Crippen molar-refractivity contribution in [2.45, 2.75) is 19.8 Å². The van der Waals surface area contributed by atoms with E-state index < -0.39 is 0 Å². The summed E-state index contributed by atoms with van der Waals surface area (Å²) in [6, 6.07) is 7.98. The van der Waals surface area contributed by atoms with Crippen LogP contribution in [0.15, 0.2) is 43.1 Å². The molecule has 1 aromatic heterocycles. The second-order valence-electron chi connectivity index (χ2n) is 3.92. The number of aryl methyl sites for hydroxylation is 1. The standard InChI is InChI=1S/C14H15NO/c1-3-4-9-14(16)15-10-11(2)12-7-5-6-8-13(12)15/h3,5-8,10H,1,4,9H2,2H3. The van der Waals surface area contributed by atoms with Crippen LogP contribution in [0.4, 0.5) is 0 Å². The zero-order valence-corrected chi connectivity index (χ0v) is 9.44. The molecule has 2 nitrogen and oxygen atoms in total. The molecule has 16 heavy (non-hydrogen) atoms. The van der Waals surface area contributed by atoms with Gasteiger partial charge in [-0.15, -0.1) is 6.58 Å². The number of aromatic nitrogens is 1. The first-order valence-corrected chi connectivity index (χ1v) is 5.45. The van der Waals surface area contributed by atoms with E-state index in [9.17, 15) is 4.79 Å². The van der Waals surface area contributed by atoms with Crippen molar-refractivity contribution in [1.29, 1.82) is 0 Å². The van der Waals surface area contributed by atoms with E-state index in [-0.39, 0.29) is 5.91 Å². The fourth-order valence-electron chi connectivity index (χ4n) is 1.90. The van der Waals surface area contributed by atoms with Gasteiger partial charge in [0.2, 0.25) is 5.91 Å². The smallest absolute Gasteiger partial charge is 0.231 e. The van der Waals surface area contributed by atoms with E-state index in [1.165, 1.54) is 0 Å². The minimum Gasteiger partial charge on any atom is -0.287 e. The van der Waals surface area contributed by atoms with Crippen LogP contribution >= 0.6 is 0 Å². The second kappa shape index (κ2) is 4.35. The normalized spacial score (nSPS) is 10.6. The van der Waals surface area contributed by atoms with Gasteiger partial charge in [0.1, 0.15) is 0 Å².